The van der Waals surface area contributed by atoms with E-state index in [2.05, 4.69) is 9.88 Å². The summed E-state index contributed by atoms with van der Waals surface area (Å²) in [7, 11) is 0. The Hall–Kier alpha value is -2.91. The van der Waals surface area contributed by atoms with Gasteiger partial charge in [0, 0.05) is 57.2 Å². The fourth-order valence-electron chi connectivity index (χ4n) is 3.80. The van der Waals surface area contributed by atoms with Crippen LogP contribution in [0.1, 0.15) is 10.4 Å². The molecule has 2 saturated heterocycles. The van der Waals surface area contributed by atoms with Crippen molar-refractivity contribution < 1.29 is 14.5 Å². The zero-order valence-electron chi connectivity index (χ0n) is 16.4. The van der Waals surface area contributed by atoms with Gasteiger partial charge in [0.2, 0.25) is 0 Å². The van der Waals surface area contributed by atoms with Crippen LogP contribution in [-0.2, 0) is 4.74 Å². The van der Waals surface area contributed by atoms with E-state index in [1.807, 2.05) is 11.0 Å². The lowest BCUT2D eigenvalue weighted by Gasteiger charge is -2.37. The Labute approximate surface area is 178 Å². The molecule has 2 fully saturated rings. The lowest BCUT2D eigenvalue weighted by molar-refractivity contribution is -0.384. The first-order valence-electron chi connectivity index (χ1n) is 9.80. The second kappa shape index (κ2) is 8.85. The average Bonchev–Trinajstić information content (AvgIpc) is 2.79. The minimum atomic E-state index is -0.344. The molecule has 1 aromatic heterocycles. The summed E-state index contributed by atoms with van der Waals surface area (Å²) in [4.78, 5) is 33.8. The van der Waals surface area contributed by atoms with Crippen LogP contribution in [0.3, 0.4) is 0 Å². The number of nitro groups is 1. The minimum Gasteiger partial charge on any atom is -0.378 e. The molecule has 2 aliphatic rings. The van der Waals surface area contributed by atoms with E-state index in [1.54, 1.807) is 35.4 Å². The number of benzene rings is 1. The SMILES string of the molecule is O=C(c1cccnc1Cl)N1CCN(c2ccc([N+](=O)[O-])c(N3CCOCC3)c2)CC1. The second-order valence-electron chi connectivity index (χ2n) is 7.15. The number of hydrogen-bond acceptors (Lipinski definition) is 7. The second-order valence-corrected chi connectivity index (χ2v) is 7.51. The summed E-state index contributed by atoms with van der Waals surface area (Å²) in [6.45, 7) is 4.69. The van der Waals surface area contributed by atoms with Gasteiger partial charge >= 0.3 is 0 Å². The van der Waals surface area contributed by atoms with Crippen molar-refractivity contribution in [2.75, 3.05) is 62.3 Å². The van der Waals surface area contributed by atoms with E-state index in [4.69, 9.17) is 16.3 Å². The number of carbonyl (C=O) groups is 1. The van der Waals surface area contributed by atoms with Crippen LogP contribution in [0, 0.1) is 10.1 Å². The third kappa shape index (κ3) is 4.17. The molecule has 0 N–H and O–H groups in total. The molecular formula is C20H22ClN5O4. The van der Waals surface area contributed by atoms with Gasteiger partial charge in [-0.05, 0) is 24.3 Å². The largest absolute Gasteiger partial charge is 0.378 e. The smallest absolute Gasteiger partial charge is 0.292 e. The van der Waals surface area contributed by atoms with Gasteiger partial charge < -0.3 is 19.4 Å². The first-order chi connectivity index (χ1) is 14.5. The molecule has 2 aliphatic heterocycles. The zero-order chi connectivity index (χ0) is 21.1. The standard InChI is InChI=1S/C20H22ClN5O4/c21-19-16(2-1-5-22-19)20(27)25-8-6-23(7-9-25)15-3-4-17(26(28)29)18(14-15)24-10-12-30-13-11-24/h1-5,14H,6-13H2. The summed E-state index contributed by atoms with van der Waals surface area (Å²) >= 11 is 6.06. The number of pyridine rings is 1. The number of hydrogen-bond donors (Lipinski definition) is 0. The predicted octanol–water partition coefficient (Wildman–Crippen LogP) is 2.44. The molecule has 0 spiro atoms. The number of morpholine rings is 1. The summed E-state index contributed by atoms with van der Waals surface area (Å²) in [6.07, 6.45) is 1.55. The summed E-state index contributed by atoms with van der Waals surface area (Å²) in [5.41, 5.74) is 2.02. The summed E-state index contributed by atoms with van der Waals surface area (Å²) in [5.74, 6) is -0.134. The van der Waals surface area contributed by atoms with E-state index >= 15 is 0 Å². The van der Waals surface area contributed by atoms with Gasteiger partial charge in [0.25, 0.3) is 11.6 Å². The molecule has 0 saturated carbocycles. The number of rotatable bonds is 4. The highest BCUT2D eigenvalue weighted by molar-refractivity contribution is 6.32. The van der Waals surface area contributed by atoms with Gasteiger partial charge in [0.1, 0.15) is 10.8 Å². The van der Waals surface area contributed by atoms with Crippen LogP contribution in [0.4, 0.5) is 17.1 Å². The highest BCUT2D eigenvalue weighted by atomic mass is 35.5. The van der Waals surface area contributed by atoms with Crippen LogP contribution < -0.4 is 9.80 Å². The molecule has 0 unspecified atom stereocenters. The zero-order valence-corrected chi connectivity index (χ0v) is 17.1. The summed E-state index contributed by atoms with van der Waals surface area (Å²) in [6, 6.07) is 8.58. The first kappa shape index (κ1) is 20.4. The maximum atomic E-state index is 12.7. The molecule has 0 atom stereocenters. The molecule has 158 valence electrons. The van der Waals surface area contributed by atoms with Gasteiger partial charge in [-0.3, -0.25) is 14.9 Å². The van der Waals surface area contributed by atoms with Gasteiger partial charge in [0.05, 0.1) is 23.7 Å². The molecule has 4 rings (SSSR count). The van der Waals surface area contributed by atoms with Gasteiger partial charge in [0.15, 0.2) is 0 Å². The average molecular weight is 432 g/mol. The van der Waals surface area contributed by atoms with Crippen molar-refractivity contribution >= 4 is 34.6 Å². The van der Waals surface area contributed by atoms with E-state index in [9.17, 15) is 14.9 Å². The van der Waals surface area contributed by atoms with Gasteiger partial charge in [-0.25, -0.2) is 4.98 Å². The Morgan fingerprint density at radius 2 is 1.80 bits per heavy atom. The van der Waals surface area contributed by atoms with Crippen molar-refractivity contribution in [2.24, 2.45) is 0 Å². The highest BCUT2D eigenvalue weighted by Crippen LogP contribution is 2.33. The summed E-state index contributed by atoms with van der Waals surface area (Å²) in [5, 5.41) is 11.7. The molecule has 0 radical (unpaired) electrons. The van der Waals surface area contributed by atoms with Crippen LogP contribution in [0.5, 0.6) is 0 Å². The highest BCUT2D eigenvalue weighted by Gasteiger charge is 2.27. The van der Waals surface area contributed by atoms with E-state index in [0.29, 0.717) is 63.7 Å². The lowest BCUT2D eigenvalue weighted by Crippen LogP contribution is -2.49. The Bertz CT molecular complexity index is 943. The maximum Gasteiger partial charge on any atom is 0.292 e. The van der Waals surface area contributed by atoms with Crippen molar-refractivity contribution in [3.05, 3.63) is 57.4 Å². The lowest BCUT2D eigenvalue weighted by atomic mass is 10.1. The fourth-order valence-corrected chi connectivity index (χ4v) is 4.00. The van der Waals surface area contributed by atoms with Crippen LogP contribution in [0.2, 0.25) is 5.15 Å². The number of anilines is 2. The van der Waals surface area contributed by atoms with Crippen LogP contribution in [-0.4, -0.2) is 73.2 Å². The van der Waals surface area contributed by atoms with Crippen molar-refractivity contribution in [1.29, 1.82) is 0 Å². The van der Waals surface area contributed by atoms with Crippen LogP contribution in [0.25, 0.3) is 0 Å². The Kier molecular flexibility index (Phi) is 6.01. The maximum absolute atomic E-state index is 12.7. The molecule has 1 aromatic carbocycles. The molecular weight excluding hydrogens is 410 g/mol. The third-order valence-corrected chi connectivity index (χ3v) is 5.73. The van der Waals surface area contributed by atoms with E-state index in [0.717, 1.165) is 5.69 Å². The fraction of sp³-hybridized carbons (Fsp3) is 0.400. The van der Waals surface area contributed by atoms with E-state index < -0.39 is 0 Å². The Morgan fingerprint density at radius 1 is 1.07 bits per heavy atom. The van der Waals surface area contributed by atoms with E-state index in [-0.39, 0.29) is 21.7 Å². The molecule has 9 nitrogen and oxygen atoms in total. The predicted molar refractivity (Wildman–Crippen MR) is 113 cm³/mol. The monoisotopic (exact) mass is 431 g/mol. The first-order valence-corrected chi connectivity index (χ1v) is 10.2. The van der Waals surface area contributed by atoms with Crippen molar-refractivity contribution in [2.45, 2.75) is 0 Å². The quantitative estimate of drug-likeness (QED) is 0.417. The number of halogens is 1. The molecule has 3 heterocycles. The molecule has 1 amide bonds. The van der Waals surface area contributed by atoms with Crippen LogP contribution >= 0.6 is 11.6 Å². The van der Waals surface area contributed by atoms with Crippen LogP contribution in [0.15, 0.2) is 36.5 Å². The number of aromatic nitrogens is 1. The number of ether oxygens (including phenoxy) is 1. The van der Waals surface area contributed by atoms with Gasteiger partial charge in [-0.1, -0.05) is 11.6 Å². The molecule has 10 heteroatoms. The molecule has 30 heavy (non-hydrogen) atoms. The number of nitrogens with zero attached hydrogens (tertiary/aromatic N) is 5. The number of amides is 1. The third-order valence-electron chi connectivity index (χ3n) is 5.43. The van der Waals surface area contributed by atoms with Crippen molar-refractivity contribution in [3.63, 3.8) is 0 Å². The van der Waals surface area contributed by atoms with E-state index in [1.165, 1.54) is 0 Å². The number of piperazine rings is 1. The topological polar surface area (TPSA) is 92.0 Å². The molecule has 2 aromatic rings. The molecule has 0 bridgehead atoms. The Balaban J connectivity index is 1.48. The normalized spacial score (nSPS) is 17.2. The summed E-state index contributed by atoms with van der Waals surface area (Å²) < 4.78 is 5.37. The number of carbonyl (C=O) groups excluding carboxylic acids is 1. The Morgan fingerprint density at radius 3 is 2.47 bits per heavy atom. The molecule has 0 aliphatic carbocycles. The number of nitro benzene ring substituents is 1. The van der Waals surface area contributed by atoms with Gasteiger partial charge in [-0.15, -0.1) is 0 Å². The minimum absolute atomic E-state index is 0.0979. The van der Waals surface area contributed by atoms with Gasteiger partial charge in [-0.2, -0.15) is 0 Å². The van der Waals surface area contributed by atoms with Crippen molar-refractivity contribution in [1.82, 2.24) is 9.88 Å². The van der Waals surface area contributed by atoms with Crippen molar-refractivity contribution in [3.8, 4) is 0 Å².